The Labute approximate surface area is 99.3 Å². The van der Waals surface area contributed by atoms with Crippen LogP contribution in [0.4, 0.5) is 5.82 Å². The predicted molar refractivity (Wildman–Crippen MR) is 61.2 cm³/mol. The highest BCUT2D eigenvalue weighted by molar-refractivity contribution is 5.76. The lowest BCUT2D eigenvalue weighted by atomic mass is 10.0. The third-order valence-electron chi connectivity index (χ3n) is 2.09. The molecule has 1 aromatic heterocycles. The normalized spacial score (nSPS) is 11.9. The van der Waals surface area contributed by atoms with Gasteiger partial charge in [-0.1, -0.05) is 13.8 Å². The molecule has 0 saturated carbocycles. The van der Waals surface area contributed by atoms with E-state index in [4.69, 9.17) is 10.4 Å². The minimum absolute atomic E-state index is 0.200. The number of carboxylic acids is 1. The Morgan fingerprint density at radius 2 is 2.24 bits per heavy atom. The van der Waals surface area contributed by atoms with Gasteiger partial charge in [0.1, 0.15) is 17.9 Å². The fraction of sp³-hybridized carbons (Fsp3) is 0.455. The van der Waals surface area contributed by atoms with Gasteiger partial charge in [-0.3, -0.25) is 0 Å². The van der Waals surface area contributed by atoms with Crippen molar-refractivity contribution >= 4 is 11.8 Å². The fourth-order valence-corrected chi connectivity index (χ4v) is 1.33. The number of carboxylic acid groups (broad SMARTS) is 1. The van der Waals surface area contributed by atoms with Crippen molar-refractivity contribution in [3.8, 4) is 6.07 Å². The first kappa shape index (κ1) is 12.9. The van der Waals surface area contributed by atoms with Crippen LogP contribution in [0.2, 0.25) is 0 Å². The molecule has 1 heterocycles. The molecule has 1 rings (SSSR count). The minimum atomic E-state index is -0.926. The van der Waals surface area contributed by atoms with E-state index < -0.39 is 12.0 Å². The fourth-order valence-electron chi connectivity index (χ4n) is 1.33. The number of aliphatic carboxylic acids is 1. The van der Waals surface area contributed by atoms with Gasteiger partial charge in [-0.25, -0.2) is 14.8 Å². The number of hydrogen-bond donors (Lipinski definition) is 2. The van der Waals surface area contributed by atoms with Gasteiger partial charge in [-0.15, -0.1) is 0 Å². The molecule has 0 saturated heterocycles. The molecule has 6 heteroatoms. The number of nitriles is 1. The van der Waals surface area contributed by atoms with E-state index in [2.05, 4.69) is 15.3 Å². The molecule has 6 nitrogen and oxygen atoms in total. The van der Waals surface area contributed by atoms with Crippen molar-refractivity contribution in [3.05, 3.63) is 18.1 Å². The van der Waals surface area contributed by atoms with Crippen LogP contribution in [0.25, 0.3) is 0 Å². The topological polar surface area (TPSA) is 98.9 Å². The Morgan fingerprint density at radius 3 is 2.65 bits per heavy atom. The van der Waals surface area contributed by atoms with E-state index in [1.807, 2.05) is 19.9 Å². The summed E-state index contributed by atoms with van der Waals surface area (Å²) in [5, 5.41) is 20.4. The van der Waals surface area contributed by atoms with Crippen molar-refractivity contribution < 1.29 is 9.90 Å². The van der Waals surface area contributed by atoms with Crippen molar-refractivity contribution in [2.45, 2.75) is 26.3 Å². The van der Waals surface area contributed by atoms with Gasteiger partial charge in [0.25, 0.3) is 0 Å². The number of nitrogens with zero attached hydrogens (tertiary/aromatic N) is 3. The van der Waals surface area contributed by atoms with Crippen LogP contribution in [0, 0.1) is 17.2 Å². The van der Waals surface area contributed by atoms with Crippen LogP contribution in [0.1, 0.15) is 26.0 Å². The highest BCUT2D eigenvalue weighted by atomic mass is 16.4. The molecule has 0 amide bonds. The van der Waals surface area contributed by atoms with Crippen LogP contribution in [0.15, 0.2) is 12.4 Å². The molecule has 2 N–H and O–H groups in total. The van der Waals surface area contributed by atoms with Gasteiger partial charge in [0, 0.05) is 0 Å². The van der Waals surface area contributed by atoms with Crippen LogP contribution >= 0.6 is 0 Å². The van der Waals surface area contributed by atoms with Gasteiger partial charge in [-0.05, 0) is 12.3 Å². The van der Waals surface area contributed by atoms with Crippen LogP contribution in [-0.4, -0.2) is 27.1 Å². The maximum atomic E-state index is 11.0. The number of carbonyl (C=O) groups is 1. The molecule has 1 atom stereocenters. The summed E-state index contributed by atoms with van der Waals surface area (Å²) < 4.78 is 0. The summed E-state index contributed by atoms with van der Waals surface area (Å²) >= 11 is 0. The second kappa shape index (κ2) is 5.80. The van der Waals surface area contributed by atoms with E-state index in [1.165, 1.54) is 12.4 Å². The zero-order valence-electron chi connectivity index (χ0n) is 9.71. The summed E-state index contributed by atoms with van der Waals surface area (Å²) in [6.45, 7) is 3.89. The molecule has 0 radical (unpaired) electrons. The third-order valence-corrected chi connectivity index (χ3v) is 2.09. The van der Waals surface area contributed by atoms with Gasteiger partial charge >= 0.3 is 5.97 Å². The maximum absolute atomic E-state index is 11.0. The monoisotopic (exact) mass is 234 g/mol. The van der Waals surface area contributed by atoms with E-state index in [0.29, 0.717) is 12.2 Å². The summed E-state index contributed by atoms with van der Waals surface area (Å²) in [7, 11) is 0. The van der Waals surface area contributed by atoms with Gasteiger partial charge in [0.05, 0.1) is 12.4 Å². The van der Waals surface area contributed by atoms with Gasteiger partial charge in [0.15, 0.2) is 5.69 Å². The molecule has 0 unspecified atom stereocenters. The van der Waals surface area contributed by atoms with Crippen LogP contribution in [-0.2, 0) is 4.79 Å². The Bertz CT molecular complexity index is 422. The largest absolute Gasteiger partial charge is 0.480 e. The van der Waals surface area contributed by atoms with Gasteiger partial charge in [0.2, 0.25) is 0 Å². The molecular weight excluding hydrogens is 220 g/mol. The molecule has 0 aliphatic heterocycles. The SMILES string of the molecule is CC(C)C[C@@H](Nc1cnc(C#N)cn1)C(=O)O. The van der Waals surface area contributed by atoms with E-state index in [9.17, 15) is 4.79 Å². The van der Waals surface area contributed by atoms with Crippen LogP contribution in [0.3, 0.4) is 0 Å². The minimum Gasteiger partial charge on any atom is -0.480 e. The van der Waals surface area contributed by atoms with Crippen LogP contribution < -0.4 is 5.32 Å². The Kier molecular flexibility index (Phi) is 4.40. The molecule has 90 valence electrons. The summed E-state index contributed by atoms with van der Waals surface area (Å²) in [4.78, 5) is 18.7. The number of anilines is 1. The molecule has 0 bridgehead atoms. The first-order chi connectivity index (χ1) is 8.02. The molecule has 0 aliphatic rings. The summed E-state index contributed by atoms with van der Waals surface area (Å²) in [5.74, 6) is -0.308. The zero-order valence-corrected chi connectivity index (χ0v) is 9.71. The number of rotatable bonds is 5. The van der Waals surface area contributed by atoms with Gasteiger partial charge in [-0.2, -0.15) is 5.26 Å². The highest BCUT2D eigenvalue weighted by Crippen LogP contribution is 2.10. The molecule has 0 aromatic carbocycles. The van der Waals surface area contributed by atoms with Crippen LogP contribution in [0.5, 0.6) is 0 Å². The summed E-state index contributed by atoms with van der Waals surface area (Å²) in [6, 6.07) is 1.15. The standard InChI is InChI=1S/C11H14N4O2/c1-7(2)3-9(11(16)17)15-10-6-13-8(4-12)5-14-10/h5-7,9H,3H2,1-2H3,(H,14,15)(H,16,17)/t9-/m1/s1. The second-order valence-electron chi connectivity index (χ2n) is 4.06. The number of nitrogens with one attached hydrogen (secondary N) is 1. The van der Waals surface area contributed by atoms with Crippen molar-refractivity contribution in [3.63, 3.8) is 0 Å². The first-order valence-corrected chi connectivity index (χ1v) is 5.24. The number of aromatic nitrogens is 2. The van der Waals surface area contributed by atoms with E-state index in [1.54, 1.807) is 0 Å². The Hall–Kier alpha value is -2.16. The number of hydrogen-bond acceptors (Lipinski definition) is 5. The quantitative estimate of drug-likeness (QED) is 0.795. The highest BCUT2D eigenvalue weighted by Gasteiger charge is 2.18. The van der Waals surface area contributed by atoms with E-state index >= 15 is 0 Å². The van der Waals surface area contributed by atoms with Crippen molar-refractivity contribution in [2.24, 2.45) is 5.92 Å². The van der Waals surface area contributed by atoms with E-state index in [0.717, 1.165) is 0 Å². The second-order valence-corrected chi connectivity index (χ2v) is 4.06. The maximum Gasteiger partial charge on any atom is 0.326 e. The Balaban J connectivity index is 2.72. The van der Waals surface area contributed by atoms with Crippen molar-refractivity contribution in [2.75, 3.05) is 5.32 Å². The molecule has 0 spiro atoms. The zero-order chi connectivity index (χ0) is 12.8. The molecule has 17 heavy (non-hydrogen) atoms. The molecule has 1 aromatic rings. The molecule has 0 aliphatic carbocycles. The lowest BCUT2D eigenvalue weighted by Gasteiger charge is -2.16. The smallest absolute Gasteiger partial charge is 0.326 e. The molecular formula is C11H14N4O2. The van der Waals surface area contributed by atoms with Crippen molar-refractivity contribution in [1.29, 1.82) is 5.26 Å². The lowest BCUT2D eigenvalue weighted by molar-refractivity contribution is -0.138. The first-order valence-electron chi connectivity index (χ1n) is 5.24. The lowest BCUT2D eigenvalue weighted by Crippen LogP contribution is -2.31. The van der Waals surface area contributed by atoms with Crippen molar-refractivity contribution in [1.82, 2.24) is 9.97 Å². The predicted octanol–water partition coefficient (Wildman–Crippen LogP) is 1.26. The van der Waals surface area contributed by atoms with Gasteiger partial charge < -0.3 is 10.4 Å². The average Bonchev–Trinajstić information content (AvgIpc) is 2.28. The third kappa shape index (κ3) is 4.07. The average molecular weight is 234 g/mol. The Morgan fingerprint density at radius 1 is 1.53 bits per heavy atom. The summed E-state index contributed by atoms with van der Waals surface area (Å²) in [6.07, 6.45) is 3.16. The summed E-state index contributed by atoms with van der Waals surface area (Å²) in [5.41, 5.74) is 0.200. The van der Waals surface area contributed by atoms with E-state index in [-0.39, 0.29) is 11.6 Å². The molecule has 0 fully saturated rings.